The molecule has 0 aliphatic carbocycles. The molecule has 134 valence electrons. The van der Waals surface area contributed by atoms with Gasteiger partial charge in [0.2, 0.25) is 0 Å². The van der Waals surface area contributed by atoms with Crippen LogP contribution in [0.15, 0.2) is 42.5 Å². The fraction of sp³-hybridized carbons (Fsp3) is 0.500. The van der Waals surface area contributed by atoms with Crippen LogP contribution in [0.4, 0.5) is 0 Å². The van der Waals surface area contributed by atoms with Crippen molar-refractivity contribution in [3.8, 4) is 22.6 Å². The molecule has 0 aromatic heterocycles. The number of fused-ring (bicyclic) bond motifs is 1. The van der Waals surface area contributed by atoms with E-state index >= 15 is 0 Å². The van der Waals surface area contributed by atoms with Gasteiger partial charge in [0, 0.05) is 5.56 Å². The average Bonchev–Trinajstić information content (AvgIpc) is 3.45. The Kier molecular flexibility index (Phi) is 6.97. The molecule has 0 fully saturated rings. The SMILES string of the molecule is CCCCCCCCCCCCc1ccc(-c2ccccc2)c2c1O2. The summed E-state index contributed by atoms with van der Waals surface area (Å²) in [4.78, 5) is 0. The van der Waals surface area contributed by atoms with Crippen LogP contribution in [0.2, 0.25) is 0 Å². The topological polar surface area (TPSA) is 12.5 Å². The number of hydrogen-bond donors (Lipinski definition) is 0. The summed E-state index contributed by atoms with van der Waals surface area (Å²) in [7, 11) is 0. The van der Waals surface area contributed by atoms with Gasteiger partial charge in [0.15, 0.2) is 11.5 Å². The van der Waals surface area contributed by atoms with Crippen LogP contribution in [0.25, 0.3) is 11.1 Å². The Morgan fingerprint density at radius 1 is 0.640 bits per heavy atom. The Hall–Kier alpha value is -1.76. The van der Waals surface area contributed by atoms with Crippen molar-refractivity contribution in [2.24, 2.45) is 0 Å². The summed E-state index contributed by atoms with van der Waals surface area (Å²) in [6, 6.07) is 15.0. The molecular formula is C24H32O. The molecule has 0 radical (unpaired) electrons. The van der Waals surface area contributed by atoms with Gasteiger partial charge in [-0.2, -0.15) is 0 Å². The van der Waals surface area contributed by atoms with Gasteiger partial charge >= 0.3 is 0 Å². The van der Waals surface area contributed by atoms with Crippen molar-refractivity contribution in [2.45, 2.75) is 77.6 Å². The monoisotopic (exact) mass is 336 g/mol. The summed E-state index contributed by atoms with van der Waals surface area (Å²) in [6.07, 6.45) is 15.1. The second-order valence-electron chi connectivity index (χ2n) is 7.33. The summed E-state index contributed by atoms with van der Waals surface area (Å²) >= 11 is 0. The third-order valence-corrected chi connectivity index (χ3v) is 5.24. The zero-order valence-corrected chi connectivity index (χ0v) is 15.7. The summed E-state index contributed by atoms with van der Waals surface area (Å²) in [5, 5.41) is 0. The maximum absolute atomic E-state index is 5.80. The Labute approximate surface area is 153 Å². The van der Waals surface area contributed by atoms with E-state index in [2.05, 4.69) is 49.4 Å². The quantitative estimate of drug-likeness (QED) is 0.242. The van der Waals surface area contributed by atoms with Crippen LogP contribution in [0.5, 0.6) is 11.5 Å². The lowest BCUT2D eigenvalue weighted by molar-refractivity contribution is 0.555. The third kappa shape index (κ3) is 5.36. The number of ether oxygens (including phenoxy) is 1. The van der Waals surface area contributed by atoms with E-state index in [0.717, 1.165) is 17.9 Å². The van der Waals surface area contributed by atoms with E-state index in [1.54, 1.807) is 0 Å². The Morgan fingerprint density at radius 2 is 1.28 bits per heavy atom. The predicted molar refractivity (Wildman–Crippen MR) is 108 cm³/mol. The van der Waals surface area contributed by atoms with E-state index in [1.807, 2.05) is 0 Å². The fourth-order valence-electron chi connectivity index (χ4n) is 3.65. The zero-order chi connectivity index (χ0) is 17.3. The summed E-state index contributed by atoms with van der Waals surface area (Å²) < 4.78 is 5.80. The smallest absolute Gasteiger partial charge is 0.178 e. The molecule has 2 aromatic rings. The first-order chi connectivity index (χ1) is 12.4. The second kappa shape index (κ2) is 9.65. The Balaban J connectivity index is 1.33. The number of rotatable bonds is 12. The molecule has 0 atom stereocenters. The van der Waals surface area contributed by atoms with Crippen molar-refractivity contribution in [1.82, 2.24) is 0 Å². The van der Waals surface area contributed by atoms with Crippen molar-refractivity contribution in [1.29, 1.82) is 0 Å². The maximum atomic E-state index is 5.80. The van der Waals surface area contributed by atoms with Gasteiger partial charge in [0.05, 0.1) is 0 Å². The standard InChI is InChI=1S/C24H32O/c1-2-3-4-5-6-7-8-9-10-12-17-21-18-19-22(24-23(21)25-24)20-15-13-11-14-16-20/h11,13-16,18-19H,2-10,12,17H2,1H3. The Bertz CT molecular complexity index is 645. The van der Waals surface area contributed by atoms with E-state index in [0.29, 0.717) is 0 Å². The molecular weight excluding hydrogens is 304 g/mol. The third-order valence-electron chi connectivity index (χ3n) is 5.24. The van der Waals surface area contributed by atoms with E-state index in [-0.39, 0.29) is 0 Å². The van der Waals surface area contributed by atoms with Crippen molar-refractivity contribution in [3.05, 3.63) is 48.0 Å². The van der Waals surface area contributed by atoms with Crippen molar-refractivity contribution in [3.63, 3.8) is 0 Å². The normalized spacial score (nSPS) is 11.9. The van der Waals surface area contributed by atoms with Gasteiger partial charge in [0.1, 0.15) is 0 Å². The highest BCUT2D eigenvalue weighted by atomic mass is 16.6. The Morgan fingerprint density at radius 3 is 1.96 bits per heavy atom. The van der Waals surface area contributed by atoms with Gasteiger partial charge in [-0.1, -0.05) is 107 Å². The molecule has 0 saturated carbocycles. The van der Waals surface area contributed by atoms with Crippen molar-refractivity contribution >= 4 is 0 Å². The van der Waals surface area contributed by atoms with Crippen molar-refractivity contribution in [2.75, 3.05) is 0 Å². The number of benzene rings is 2. The second-order valence-corrected chi connectivity index (χ2v) is 7.33. The molecule has 0 amide bonds. The lowest BCUT2D eigenvalue weighted by atomic mass is 10.0. The molecule has 0 bridgehead atoms. The van der Waals surface area contributed by atoms with E-state index in [1.165, 1.54) is 80.9 Å². The molecule has 1 heteroatoms. The molecule has 1 aliphatic heterocycles. The molecule has 1 heterocycles. The van der Waals surface area contributed by atoms with Gasteiger partial charge in [-0.05, 0) is 24.0 Å². The zero-order valence-electron chi connectivity index (χ0n) is 15.7. The lowest BCUT2D eigenvalue weighted by Gasteiger charge is -2.03. The van der Waals surface area contributed by atoms with Crippen LogP contribution in [0.1, 0.15) is 76.7 Å². The van der Waals surface area contributed by atoms with Gasteiger partial charge in [0.25, 0.3) is 0 Å². The highest BCUT2D eigenvalue weighted by Crippen LogP contribution is 2.54. The van der Waals surface area contributed by atoms with Gasteiger partial charge in [-0.25, -0.2) is 0 Å². The molecule has 1 aliphatic rings. The number of unbranched alkanes of at least 4 members (excludes halogenated alkanes) is 9. The molecule has 0 spiro atoms. The molecule has 3 rings (SSSR count). The van der Waals surface area contributed by atoms with Gasteiger partial charge in [-0.15, -0.1) is 0 Å². The molecule has 1 nitrogen and oxygen atoms in total. The van der Waals surface area contributed by atoms with Crippen LogP contribution in [-0.4, -0.2) is 0 Å². The molecule has 25 heavy (non-hydrogen) atoms. The van der Waals surface area contributed by atoms with Crippen molar-refractivity contribution < 1.29 is 4.74 Å². The highest BCUT2D eigenvalue weighted by molar-refractivity contribution is 5.81. The predicted octanol–water partition coefficient (Wildman–Crippen LogP) is 7.92. The molecule has 0 saturated heterocycles. The van der Waals surface area contributed by atoms with Gasteiger partial charge in [-0.3, -0.25) is 0 Å². The highest BCUT2D eigenvalue weighted by Gasteiger charge is 2.28. The van der Waals surface area contributed by atoms with E-state index in [4.69, 9.17) is 4.74 Å². The molecule has 0 N–H and O–H groups in total. The first kappa shape index (κ1) is 18.0. The first-order valence-corrected chi connectivity index (χ1v) is 10.3. The maximum Gasteiger partial charge on any atom is 0.178 e. The van der Waals surface area contributed by atoms with Crippen LogP contribution in [0.3, 0.4) is 0 Å². The summed E-state index contributed by atoms with van der Waals surface area (Å²) in [6.45, 7) is 2.28. The van der Waals surface area contributed by atoms with Crippen LogP contribution in [-0.2, 0) is 6.42 Å². The summed E-state index contributed by atoms with van der Waals surface area (Å²) in [5.41, 5.74) is 3.89. The van der Waals surface area contributed by atoms with Crippen LogP contribution in [0, 0.1) is 0 Å². The fourth-order valence-corrected chi connectivity index (χ4v) is 3.65. The molecule has 0 unspecified atom stereocenters. The number of aryl methyl sites for hydroxylation is 1. The first-order valence-electron chi connectivity index (χ1n) is 10.3. The largest absolute Gasteiger partial charge is 0.449 e. The number of hydrogen-bond acceptors (Lipinski definition) is 1. The van der Waals surface area contributed by atoms with Crippen LogP contribution < -0.4 is 4.74 Å². The average molecular weight is 337 g/mol. The minimum absolute atomic E-state index is 1.11. The minimum Gasteiger partial charge on any atom is -0.449 e. The minimum atomic E-state index is 1.11. The summed E-state index contributed by atoms with van der Waals surface area (Å²) in [5.74, 6) is 2.26. The van der Waals surface area contributed by atoms with Crippen LogP contribution >= 0.6 is 0 Å². The molecule has 2 aromatic carbocycles. The van der Waals surface area contributed by atoms with E-state index < -0.39 is 0 Å². The van der Waals surface area contributed by atoms with Gasteiger partial charge < -0.3 is 4.74 Å². The van der Waals surface area contributed by atoms with E-state index in [9.17, 15) is 0 Å². The lowest BCUT2D eigenvalue weighted by Crippen LogP contribution is -1.85.